The summed E-state index contributed by atoms with van der Waals surface area (Å²) < 4.78 is 40.0. The van der Waals surface area contributed by atoms with Crippen molar-refractivity contribution >= 4 is 21.8 Å². The van der Waals surface area contributed by atoms with Gasteiger partial charge in [0.2, 0.25) is 15.9 Å². The lowest BCUT2D eigenvalue weighted by molar-refractivity contribution is -0.125. The smallest absolute Gasteiger partial charge is 0.254 e. The van der Waals surface area contributed by atoms with E-state index in [9.17, 15) is 22.4 Å². The highest BCUT2D eigenvalue weighted by Crippen LogP contribution is 2.32. The molecule has 3 rings (SSSR count). The number of benzene rings is 1. The highest BCUT2D eigenvalue weighted by Gasteiger charge is 2.40. The maximum atomic E-state index is 13.9. The number of amides is 2. The van der Waals surface area contributed by atoms with Gasteiger partial charge in [-0.1, -0.05) is 12.5 Å². The van der Waals surface area contributed by atoms with E-state index in [1.54, 1.807) is 24.0 Å². The van der Waals surface area contributed by atoms with Gasteiger partial charge in [-0.15, -0.1) is 0 Å². The Kier molecular flexibility index (Phi) is 6.58. The second kappa shape index (κ2) is 8.79. The summed E-state index contributed by atoms with van der Waals surface area (Å²) in [7, 11) is -3.48. The molecule has 0 bridgehead atoms. The summed E-state index contributed by atoms with van der Waals surface area (Å²) >= 11 is 0. The highest BCUT2D eigenvalue weighted by molar-refractivity contribution is 7.88. The highest BCUT2D eigenvalue weighted by atomic mass is 32.2. The molecule has 1 aromatic rings. The first kappa shape index (κ1) is 21.7. The van der Waals surface area contributed by atoms with Crippen molar-refractivity contribution in [3.63, 3.8) is 0 Å². The number of hydrogen-bond donors (Lipinski definition) is 1. The Morgan fingerprint density at radius 1 is 1.17 bits per heavy atom. The summed E-state index contributed by atoms with van der Waals surface area (Å²) in [5.41, 5.74) is 0.702. The van der Waals surface area contributed by atoms with E-state index in [0.717, 1.165) is 12.7 Å². The van der Waals surface area contributed by atoms with E-state index in [-0.39, 0.29) is 49.0 Å². The van der Waals surface area contributed by atoms with Crippen LogP contribution in [-0.4, -0.2) is 67.9 Å². The number of rotatable bonds is 2. The van der Waals surface area contributed by atoms with Crippen molar-refractivity contribution in [2.75, 3.05) is 32.4 Å². The lowest BCUT2D eigenvalue weighted by atomic mass is 10.0. The van der Waals surface area contributed by atoms with Crippen LogP contribution in [0.15, 0.2) is 18.2 Å². The van der Waals surface area contributed by atoms with E-state index in [1.807, 2.05) is 0 Å². The maximum absolute atomic E-state index is 13.9. The van der Waals surface area contributed by atoms with Crippen LogP contribution in [-0.2, 0) is 14.8 Å². The van der Waals surface area contributed by atoms with Gasteiger partial charge in [0.1, 0.15) is 5.82 Å². The Morgan fingerprint density at radius 3 is 2.62 bits per heavy atom. The van der Waals surface area contributed by atoms with E-state index >= 15 is 0 Å². The summed E-state index contributed by atoms with van der Waals surface area (Å²) in [6.45, 7) is 2.77. The molecule has 2 fully saturated rings. The van der Waals surface area contributed by atoms with Crippen molar-refractivity contribution < 1.29 is 22.4 Å². The topological polar surface area (TPSA) is 86.8 Å². The summed E-state index contributed by atoms with van der Waals surface area (Å²) in [5.74, 6) is -1.31. The van der Waals surface area contributed by atoms with Crippen molar-refractivity contribution in [3.05, 3.63) is 35.1 Å². The van der Waals surface area contributed by atoms with Crippen LogP contribution in [0.2, 0.25) is 0 Å². The molecule has 0 radical (unpaired) electrons. The molecule has 0 spiro atoms. The molecule has 1 N–H and O–H groups in total. The second-order valence-corrected chi connectivity index (χ2v) is 9.81. The van der Waals surface area contributed by atoms with Crippen LogP contribution in [0.1, 0.15) is 41.6 Å². The van der Waals surface area contributed by atoms with E-state index < -0.39 is 15.8 Å². The predicted octanol–water partition coefficient (Wildman–Crippen LogP) is 1.53. The molecule has 1 saturated heterocycles. The molecule has 9 heteroatoms. The largest absolute Gasteiger partial charge is 0.354 e. The monoisotopic (exact) mass is 425 g/mol. The molecule has 2 amide bonds. The Hall–Kier alpha value is -2.00. The summed E-state index contributed by atoms with van der Waals surface area (Å²) in [6, 6.07) is 4.02. The van der Waals surface area contributed by atoms with Gasteiger partial charge in [-0.25, -0.2) is 12.8 Å². The normalized spacial score (nSPS) is 24.5. The Morgan fingerprint density at radius 2 is 1.93 bits per heavy atom. The molecule has 2 aliphatic rings. The Bertz CT molecular complexity index is 890. The van der Waals surface area contributed by atoms with Crippen LogP contribution in [0.4, 0.5) is 4.39 Å². The van der Waals surface area contributed by atoms with Crippen LogP contribution in [0.25, 0.3) is 0 Å². The van der Waals surface area contributed by atoms with Gasteiger partial charge in [0.25, 0.3) is 5.91 Å². The van der Waals surface area contributed by atoms with Gasteiger partial charge in [-0.05, 0) is 43.9 Å². The zero-order valence-electron chi connectivity index (χ0n) is 16.9. The van der Waals surface area contributed by atoms with Crippen molar-refractivity contribution in [1.82, 2.24) is 14.5 Å². The number of sulfonamides is 1. The Balaban J connectivity index is 1.81. The maximum Gasteiger partial charge on any atom is 0.254 e. The van der Waals surface area contributed by atoms with Crippen molar-refractivity contribution in [1.29, 1.82) is 0 Å². The van der Waals surface area contributed by atoms with Gasteiger partial charge < -0.3 is 10.2 Å². The first-order chi connectivity index (χ1) is 13.7. The van der Waals surface area contributed by atoms with Gasteiger partial charge in [-0.3, -0.25) is 9.59 Å². The van der Waals surface area contributed by atoms with E-state index in [2.05, 4.69) is 5.32 Å². The first-order valence-electron chi connectivity index (χ1n) is 9.98. The second-order valence-electron chi connectivity index (χ2n) is 7.88. The molecular weight excluding hydrogens is 397 g/mol. The van der Waals surface area contributed by atoms with Crippen LogP contribution >= 0.6 is 0 Å². The predicted molar refractivity (Wildman–Crippen MR) is 107 cm³/mol. The fourth-order valence-electron chi connectivity index (χ4n) is 4.25. The third-order valence-electron chi connectivity index (χ3n) is 5.81. The number of carbonyl (C=O) groups excluding carboxylic acids is 2. The number of aryl methyl sites for hydroxylation is 1. The molecule has 7 nitrogen and oxygen atoms in total. The lowest BCUT2D eigenvalue weighted by Gasteiger charge is -2.30. The summed E-state index contributed by atoms with van der Waals surface area (Å²) in [4.78, 5) is 27.1. The minimum absolute atomic E-state index is 0.170. The van der Waals surface area contributed by atoms with Crippen LogP contribution in [0.3, 0.4) is 0 Å². The molecule has 2 atom stereocenters. The fraction of sp³-hybridized carbons (Fsp3) is 0.600. The molecule has 1 saturated carbocycles. The average Bonchev–Trinajstić information content (AvgIpc) is 3.12. The number of hydrogen-bond acceptors (Lipinski definition) is 4. The fourth-order valence-corrected chi connectivity index (χ4v) is 5.46. The third kappa shape index (κ3) is 4.95. The zero-order chi connectivity index (χ0) is 21.2. The number of carbonyl (C=O) groups is 2. The van der Waals surface area contributed by atoms with Crippen molar-refractivity contribution in [2.45, 2.75) is 38.6 Å². The summed E-state index contributed by atoms with van der Waals surface area (Å²) in [5, 5.41) is 2.85. The Labute approximate surface area is 171 Å². The summed E-state index contributed by atoms with van der Waals surface area (Å²) in [6.07, 6.45) is 3.76. The number of nitrogens with one attached hydrogen (secondary N) is 1. The van der Waals surface area contributed by atoms with Crippen molar-refractivity contribution in [3.8, 4) is 0 Å². The van der Waals surface area contributed by atoms with Crippen molar-refractivity contribution in [2.24, 2.45) is 5.92 Å². The first-order valence-corrected chi connectivity index (χ1v) is 11.8. The van der Waals surface area contributed by atoms with E-state index in [0.29, 0.717) is 31.4 Å². The third-order valence-corrected chi connectivity index (χ3v) is 7.11. The van der Waals surface area contributed by atoms with E-state index in [4.69, 9.17) is 0 Å². The molecule has 29 heavy (non-hydrogen) atoms. The number of halogens is 1. The van der Waals surface area contributed by atoms with Gasteiger partial charge in [0.05, 0.1) is 12.2 Å². The van der Waals surface area contributed by atoms with Gasteiger partial charge in [0, 0.05) is 37.8 Å². The number of nitrogens with zero attached hydrogens (tertiary/aromatic N) is 2. The molecule has 160 valence electrons. The SMILES string of the molecule is Cc1ccc(C(=O)N2CCCN(S(C)(=O)=O)[C@H]3CCC[C@H]3C(=O)NCC2)cc1F. The van der Waals surface area contributed by atoms with E-state index in [1.165, 1.54) is 10.4 Å². The number of fused-ring (bicyclic) bond motifs is 1. The zero-order valence-corrected chi connectivity index (χ0v) is 17.7. The molecule has 1 aliphatic heterocycles. The standard InChI is InChI=1S/C20H28FN3O4S/c1-14-7-8-15(13-17(14)21)20(26)23-10-4-11-24(29(2,27)28)18-6-3-5-16(18)19(25)22-9-12-23/h7-8,13,16,18H,3-6,9-12H2,1-2H3,(H,22,25)/t16-,18+/m1/s1. The molecule has 1 heterocycles. The molecular formula is C20H28FN3O4S. The van der Waals surface area contributed by atoms with Gasteiger partial charge in [-0.2, -0.15) is 4.31 Å². The molecule has 0 aromatic heterocycles. The quantitative estimate of drug-likeness (QED) is 0.779. The molecule has 0 unspecified atom stereocenters. The molecule has 1 aliphatic carbocycles. The van der Waals surface area contributed by atoms with Gasteiger partial charge in [0.15, 0.2) is 0 Å². The van der Waals surface area contributed by atoms with Gasteiger partial charge >= 0.3 is 0 Å². The minimum atomic E-state index is -3.48. The van der Waals surface area contributed by atoms with Crippen LogP contribution < -0.4 is 5.32 Å². The minimum Gasteiger partial charge on any atom is -0.354 e. The lowest BCUT2D eigenvalue weighted by Crippen LogP contribution is -2.47. The average molecular weight is 426 g/mol. The molecule has 1 aromatic carbocycles. The van der Waals surface area contributed by atoms with Crippen LogP contribution in [0, 0.1) is 18.7 Å². The van der Waals surface area contributed by atoms with Crippen LogP contribution in [0.5, 0.6) is 0 Å².